The highest BCUT2D eigenvalue weighted by Crippen LogP contribution is 2.35. The van der Waals surface area contributed by atoms with Gasteiger partial charge in [0.05, 0.1) is 5.52 Å². The van der Waals surface area contributed by atoms with Crippen LogP contribution in [-0.2, 0) is 14.9 Å². The van der Waals surface area contributed by atoms with Crippen LogP contribution in [0.4, 0.5) is 4.79 Å². The summed E-state index contributed by atoms with van der Waals surface area (Å²) in [6.45, 7) is 11.8. The Bertz CT molecular complexity index is 1050. The molecule has 0 spiro atoms. The van der Waals surface area contributed by atoms with Crippen LogP contribution in [0.2, 0.25) is 5.02 Å². The summed E-state index contributed by atoms with van der Waals surface area (Å²) in [7, 11) is 0. The number of halogens is 1. The number of fused-ring (bicyclic) bond motifs is 1. The number of carbonyl (C=O) groups excluding carboxylic acids is 1. The van der Waals surface area contributed by atoms with Crippen molar-refractivity contribution in [2.24, 2.45) is 0 Å². The van der Waals surface area contributed by atoms with Crippen molar-refractivity contribution in [3.63, 3.8) is 0 Å². The van der Waals surface area contributed by atoms with Crippen molar-refractivity contribution in [3.8, 4) is 0 Å². The normalized spacial score (nSPS) is 13.2. The third-order valence-electron chi connectivity index (χ3n) is 4.58. The molecular weight excluding hydrogens is 398 g/mol. The van der Waals surface area contributed by atoms with Gasteiger partial charge in [0.25, 0.3) is 0 Å². The van der Waals surface area contributed by atoms with E-state index in [0.29, 0.717) is 5.02 Å². The van der Waals surface area contributed by atoms with Crippen molar-refractivity contribution in [1.82, 2.24) is 4.98 Å². The van der Waals surface area contributed by atoms with E-state index in [2.05, 4.69) is 20.8 Å². The maximum atomic E-state index is 12.6. The van der Waals surface area contributed by atoms with E-state index in [0.717, 1.165) is 27.7 Å². The Morgan fingerprint density at radius 3 is 2.20 bits per heavy atom. The van der Waals surface area contributed by atoms with Crippen molar-refractivity contribution in [1.29, 1.82) is 0 Å². The van der Waals surface area contributed by atoms with Gasteiger partial charge in [0.2, 0.25) is 0 Å². The number of nitrogens with zero attached hydrogens (tertiary/aromatic N) is 1. The lowest BCUT2D eigenvalue weighted by atomic mass is 9.88. The molecule has 5 heteroatoms. The number of hydrogen-bond donors (Lipinski definition) is 0. The number of pyridine rings is 1. The summed E-state index contributed by atoms with van der Waals surface area (Å²) in [6, 6.07) is 17.2. The Morgan fingerprint density at radius 2 is 1.60 bits per heavy atom. The van der Waals surface area contributed by atoms with E-state index in [-0.39, 0.29) is 5.41 Å². The molecule has 4 nitrogen and oxygen atoms in total. The van der Waals surface area contributed by atoms with Gasteiger partial charge in [-0.15, -0.1) is 0 Å². The molecule has 3 aromatic rings. The van der Waals surface area contributed by atoms with Crippen LogP contribution in [0.25, 0.3) is 10.9 Å². The minimum atomic E-state index is -0.722. The number of para-hydroxylation sites is 1. The SMILES string of the molecule is CC(C)(C)OC(=O)OC(c1ccc(Cl)cc1)c1cc(C(C)(C)C)nc2ccccc12. The fourth-order valence-corrected chi connectivity index (χ4v) is 3.25. The minimum absolute atomic E-state index is 0.171. The largest absolute Gasteiger partial charge is 0.509 e. The zero-order valence-corrected chi connectivity index (χ0v) is 19.1. The summed E-state index contributed by atoms with van der Waals surface area (Å²) in [5.41, 5.74) is 2.61. The minimum Gasteiger partial charge on any atom is -0.429 e. The first kappa shape index (κ1) is 22.1. The molecule has 0 saturated carbocycles. The molecule has 30 heavy (non-hydrogen) atoms. The fraction of sp³-hybridized carbons (Fsp3) is 0.360. The summed E-state index contributed by atoms with van der Waals surface area (Å²) in [5, 5.41) is 1.54. The molecule has 1 aromatic heterocycles. The van der Waals surface area contributed by atoms with E-state index < -0.39 is 17.9 Å². The predicted octanol–water partition coefficient (Wildman–Crippen LogP) is 7.23. The molecule has 0 aliphatic carbocycles. The first-order chi connectivity index (χ1) is 13.9. The van der Waals surface area contributed by atoms with Gasteiger partial charge in [-0.1, -0.05) is 62.7 Å². The number of hydrogen-bond acceptors (Lipinski definition) is 4. The van der Waals surface area contributed by atoms with Crippen LogP contribution >= 0.6 is 11.6 Å². The molecule has 0 aliphatic heterocycles. The first-order valence-corrected chi connectivity index (χ1v) is 10.4. The van der Waals surface area contributed by atoms with E-state index in [1.54, 1.807) is 12.1 Å². The molecule has 1 heterocycles. The zero-order valence-electron chi connectivity index (χ0n) is 18.3. The molecular formula is C25H28ClNO3. The van der Waals surface area contributed by atoms with Crippen LogP contribution in [0.1, 0.15) is 64.5 Å². The lowest BCUT2D eigenvalue weighted by Crippen LogP contribution is -2.26. The highest BCUT2D eigenvalue weighted by atomic mass is 35.5. The third-order valence-corrected chi connectivity index (χ3v) is 4.83. The predicted molar refractivity (Wildman–Crippen MR) is 121 cm³/mol. The van der Waals surface area contributed by atoms with Gasteiger partial charge < -0.3 is 9.47 Å². The molecule has 0 radical (unpaired) electrons. The molecule has 158 valence electrons. The second-order valence-corrected chi connectivity index (χ2v) is 9.81. The lowest BCUT2D eigenvalue weighted by molar-refractivity contribution is -0.0199. The Hall–Kier alpha value is -2.59. The quantitative estimate of drug-likeness (QED) is 0.415. The maximum absolute atomic E-state index is 12.6. The van der Waals surface area contributed by atoms with Gasteiger partial charge in [0.1, 0.15) is 5.60 Å². The third kappa shape index (κ3) is 5.31. The standard InChI is InChI=1S/C25H28ClNO3/c1-24(2,3)21-15-19(18-9-7-8-10-20(18)27-21)22(16-11-13-17(26)14-12-16)29-23(28)30-25(4,5)6/h7-15,22H,1-6H3. The Labute approximate surface area is 183 Å². The molecule has 0 saturated heterocycles. The Kier molecular flexibility index (Phi) is 6.09. The van der Waals surface area contributed by atoms with Gasteiger partial charge in [0, 0.05) is 27.1 Å². The number of rotatable bonds is 3. The van der Waals surface area contributed by atoms with Crippen LogP contribution in [0, 0.1) is 0 Å². The average molecular weight is 426 g/mol. The number of carbonyl (C=O) groups is 1. The average Bonchev–Trinajstić information content (AvgIpc) is 2.64. The second-order valence-electron chi connectivity index (χ2n) is 9.38. The van der Waals surface area contributed by atoms with Crippen molar-refractivity contribution >= 4 is 28.7 Å². The monoisotopic (exact) mass is 425 g/mol. The maximum Gasteiger partial charge on any atom is 0.509 e. The van der Waals surface area contributed by atoms with Gasteiger partial charge in [-0.2, -0.15) is 0 Å². The molecule has 1 atom stereocenters. The molecule has 2 aromatic carbocycles. The van der Waals surface area contributed by atoms with Gasteiger partial charge in [-0.3, -0.25) is 4.98 Å². The van der Waals surface area contributed by atoms with E-state index in [1.165, 1.54) is 0 Å². The summed E-state index contributed by atoms with van der Waals surface area (Å²) in [5.74, 6) is 0. The second kappa shape index (κ2) is 8.27. The number of benzene rings is 2. The van der Waals surface area contributed by atoms with Crippen molar-refractivity contribution in [2.45, 2.75) is 58.7 Å². The van der Waals surface area contributed by atoms with E-state index >= 15 is 0 Å². The zero-order chi connectivity index (χ0) is 22.1. The van der Waals surface area contributed by atoms with Gasteiger partial charge in [-0.05, 0) is 50.6 Å². The van der Waals surface area contributed by atoms with Crippen LogP contribution in [0.5, 0.6) is 0 Å². The van der Waals surface area contributed by atoms with Crippen LogP contribution in [0.3, 0.4) is 0 Å². The Morgan fingerprint density at radius 1 is 0.967 bits per heavy atom. The number of aromatic nitrogens is 1. The van der Waals surface area contributed by atoms with Crippen molar-refractivity contribution in [3.05, 3.63) is 76.4 Å². The van der Waals surface area contributed by atoms with E-state index in [1.807, 2.05) is 63.2 Å². The van der Waals surface area contributed by atoms with Crippen molar-refractivity contribution < 1.29 is 14.3 Å². The molecule has 0 aliphatic rings. The van der Waals surface area contributed by atoms with E-state index in [4.69, 9.17) is 26.1 Å². The van der Waals surface area contributed by atoms with Gasteiger partial charge in [-0.25, -0.2) is 4.79 Å². The van der Waals surface area contributed by atoms with Crippen LogP contribution in [0.15, 0.2) is 54.6 Å². The summed E-state index contributed by atoms with van der Waals surface area (Å²) in [4.78, 5) is 17.5. The molecule has 0 bridgehead atoms. The van der Waals surface area contributed by atoms with Crippen LogP contribution < -0.4 is 0 Å². The molecule has 0 amide bonds. The van der Waals surface area contributed by atoms with Crippen molar-refractivity contribution in [2.75, 3.05) is 0 Å². The first-order valence-electron chi connectivity index (χ1n) is 9.99. The lowest BCUT2D eigenvalue weighted by Gasteiger charge is -2.26. The summed E-state index contributed by atoms with van der Waals surface area (Å²) >= 11 is 6.09. The molecule has 3 rings (SSSR count). The topological polar surface area (TPSA) is 48.4 Å². The molecule has 0 fully saturated rings. The van der Waals surface area contributed by atoms with Gasteiger partial charge >= 0.3 is 6.16 Å². The number of ether oxygens (including phenoxy) is 2. The van der Waals surface area contributed by atoms with Gasteiger partial charge in [0.15, 0.2) is 6.10 Å². The highest BCUT2D eigenvalue weighted by molar-refractivity contribution is 6.30. The summed E-state index contributed by atoms with van der Waals surface area (Å²) < 4.78 is 11.3. The smallest absolute Gasteiger partial charge is 0.429 e. The van der Waals surface area contributed by atoms with E-state index in [9.17, 15) is 4.79 Å². The molecule has 1 unspecified atom stereocenters. The fourth-order valence-electron chi connectivity index (χ4n) is 3.12. The molecule has 0 N–H and O–H groups in total. The highest BCUT2D eigenvalue weighted by Gasteiger charge is 2.27. The summed E-state index contributed by atoms with van der Waals surface area (Å²) in [6.07, 6.45) is -1.38. The Balaban J connectivity index is 2.18. The van der Waals surface area contributed by atoms with Crippen LogP contribution in [-0.4, -0.2) is 16.7 Å².